The van der Waals surface area contributed by atoms with Gasteiger partial charge in [0.05, 0.1) is 0 Å². The lowest BCUT2D eigenvalue weighted by molar-refractivity contribution is 0.101. The van der Waals surface area contributed by atoms with Crippen LogP contribution in [0, 0.1) is 0 Å². The largest absolute Gasteiger partial charge is 0.398 e. The molecule has 17 heavy (non-hydrogen) atoms. The molecule has 1 aliphatic rings. The lowest BCUT2D eigenvalue weighted by atomic mass is 10.0. The monoisotopic (exact) mass is 232 g/mol. The van der Waals surface area contributed by atoms with Crippen LogP contribution >= 0.6 is 0 Å². The molecule has 1 aromatic rings. The maximum absolute atomic E-state index is 11.3. The standard InChI is InChI=1S/C14H20N2O/c1-10(17)12-6-5-11(9-13(12)15)16-8-4-7-14(16,2)3/h5-6,9H,4,7-8,15H2,1-3H3. The van der Waals surface area contributed by atoms with Crippen LogP contribution in [0.25, 0.3) is 0 Å². The van der Waals surface area contributed by atoms with Gasteiger partial charge in [-0.15, -0.1) is 0 Å². The van der Waals surface area contributed by atoms with E-state index < -0.39 is 0 Å². The molecule has 92 valence electrons. The van der Waals surface area contributed by atoms with Crippen LogP contribution in [0.4, 0.5) is 11.4 Å². The predicted molar refractivity (Wildman–Crippen MR) is 71.5 cm³/mol. The maximum atomic E-state index is 11.3. The molecular weight excluding hydrogens is 212 g/mol. The Bertz CT molecular complexity index is 452. The quantitative estimate of drug-likeness (QED) is 0.630. The number of carbonyl (C=O) groups is 1. The number of hydrogen-bond acceptors (Lipinski definition) is 3. The van der Waals surface area contributed by atoms with E-state index in [9.17, 15) is 4.79 Å². The zero-order valence-corrected chi connectivity index (χ0v) is 10.8. The molecule has 0 bridgehead atoms. The van der Waals surface area contributed by atoms with Gasteiger partial charge in [0, 0.05) is 29.0 Å². The van der Waals surface area contributed by atoms with Gasteiger partial charge in [-0.05, 0) is 51.8 Å². The number of carbonyl (C=O) groups excluding carboxylic acids is 1. The van der Waals surface area contributed by atoms with Crippen molar-refractivity contribution in [2.45, 2.75) is 39.2 Å². The summed E-state index contributed by atoms with van der Waals surface area (Å²) in [6.45, 7) is 7.10. The van der Waals surface area contributed by atoms with Crippen LogP contribution in [-0.2, 0) is 0 Å². The Hall–Kier alpha value is -1.51. The fourth-order valence-corrected chi connectivity index (χ4v) is 2.62. The van der Waals surface area contributed by atoms with Gasteiger partial charge in [0.1, 0.15) is 0 Å². The fraction of sp³-hybridized carbons (Fsp3) is 0.500. The smallest absolute Gasteiger partial charge is 0.161 e. The predicted octanol–water partition coefficient (Wildman–Crippen LogP) is 2.85. The van der Waals surface area contributed by atoms with E-state index >= 15 is 0 Å². The number of nitrogen functional groups attached to an aromatic ring is 1. The van der Waals surface area contributed by atoms with Gasteiger partial charge in [-0.2, -0.15) is 0 Å². The highest BCUT2D eigenvalue weighted by atomic mass is 16.1. The molecule has 1 aromatic carbocycles. The first-order valence-corrected chi connectivity index (χ1v) is 6.10. The Labute approximate surface area is 103 Å². The molecule has 0 unspecified atom stereocenters. The summed E-state index contributed by atoms with van der Waals surface area (Å²) in [6, 6.07) is 5.76. The van der Waals surface area contributed by atoms with E-state index in [0.29, 0.717) is 11.3 Å². The van der Waals surface area contributed by atoms with E-state index in [1.165, 1.54) is 12.8 Å². The second-order valence-electron chi connectivity index (χ2n) is 5.40. The summed E-state index contributed by atoms with van der Waals surface area (Å²) in [5.74, 6) is 0.0229. The summed E-state index contributed by atoms with van der Waals surface area (Å²) in [5, 5.41) is 0. The third kappa shape index (κ3) is 2.14. The van der Waals surface area contributed by atoms with E-state index in [-0.39, 0.29) is 11.3 Å². The number of nitrogens with zero attached hydrogens (tertiary/aromatic N) is 1. The molecule has 3 nitrogen and oxygen atoms in total. The average molecular weight is 232 g/mol. The van der Waals surface area contributed by atoms with E-state index in [1.54, 1.807) is 6.92 Å². The topological polar surface area (TPSA) is 46.3 Å². The summed E-state index contributed by atoms with van der Waals surface area (Å²) < 4.78 is 0. The number of benzene rings is 1. The Morgan fingerprint density at radius 2 is 2.12 bits per heavy atom. The van der Waals surface area contributed by atoms with Crippen molar-refractivity contribution in [1.29, 1.82) is 0 Å². The summed E-state index contributed by atoms with van der Waals surface area (Å²) in [7, 11) is 0. The average Bonchev–Trinajstić information content (AvgIpc) is 2.57. The van der Waals surface area contributed by atoms with Gasteiger partial charge in [-0.25, -0.2) is 0 Å². The normalized spacial score (nSPS) is 18.4. The van der Waals surface area contributed by atoms with Crippen molar-refractivity contribution in [2.75, 3.05) is 17.2 Å². The third-order valence-electron chi connectivity index (χ3n) is 3.63. The minimum absolute atomic E-state index is 0.0229. The SMILES string of the molecule is CC(=O)c1ccc(N2CCCC2(C)C)cc1N. The van der Waals surface area contributed by atoms with Crippen molar-refractivity contribution >= 4 is 17.2 Å². The number of anilines is 2. The first-order chi connectivity index (χ1) is 7.92. The maximum Gasteiger partial charge on any atom is 0.161 e. The molecule has 1 aliphatic heterocycles. The molecular formula is C14H20N2O. The lowest BCUT2D eigenvalue weighted by Crippen LogP contribution is -2.38. The lowest BCUT2D eigenvalue weighted by Gasteiger charge is -2.34. The summed E-state index contributed by atoms with van der Waals surface area (Å²) in [5.41, 5.74) is 8.43. The minimum atomic E-state index is 0.0229. The molecule has 0 atom stereocenters. The third-order valence-corrected chi connectivity index (χ3v) is 3.63. The zero-order chi connectivity index (χ0) is 12.6. The van der Waals surface area contributed by atoms with Crippen LogP contribution < -0.4 is 10.6 Å². The molecule has 0 saturated carbocycles. The molecule has 2 N–H and O–H groups in total. The zero-order valence-electron chi connectivity index (χ0n) is 10.8. The van der Waals surface area contributed by atoms with Crippen molar-refractivity contribution < 1.29 is 4.79 Å². The first-order valence-electron chi connectivity index (χ1n) is 6.10. The summed E-state index contributed by atoms with van der Waals surface area (Å²) in [6.07, 6.45) is 2.41. The highest BCUT2D eigenvalue weighted by Gasteiger charge is 2.32. The Balaban J connectivity index is 2.35. The molecule has 2 rings (SSSR count). The molecule has 0 spiro atoms. The second-order valence-corrected chi connectivity index (χ2v) is 5.40. The Kier molecular flexibility index (Phi) is 2.86. The van der Waals surface area contributed by atoms with Crippen LogP contribution in [0.15, 0.2) is 18.2 Å². The fourth-order valence-electron chi connectivity index (χ4n) is 2.62. The van der Waals surface area contributed by atoms with Gasteiger partial charge in [-0.1, -0.05) is 0 Å². The summed E-state index contributed by atoms with van der Waals surface area (Å²) >= 11 is 0. The van der Waals surface area contributed by atoms with Crippen LogP contribution in [0.3, 0.4) is 0 Å². The number of hydrogen-bond donors (Lipinski definition) is 1. The highest BCUT2D eigenvalue weighted by molar-refractivity contribution is 5.99. The van der Waals surface area contributed by atoms with E-state index in [4.69, 9.17) is 5.73 Å². The van der Waals surface area contributed by atoms with Gasteiger partial charge in [0.15, 0.2) is 5.78 Å². The molecule has 0 aromatic heterocycles. The van der Waals surface area contributed by atoms with E-state index in [0.717, 1.165) is 12.2 Å². The molecule has 3 heteroatoms. The first kappa shape index (κ1) is 12.0. The van der Waals surface area contributed by atoms with Crippen molar-refractivity contribution in [3.63, 3.8) is 0 Å². The van der Waals surface area contributed by atoms with Crippen molar-refractivity contribution in [2.24, 2.45) is 0 Å². The van der Waals surface area contributed by atoms with Crippen molar-refractivity contribution in [3.8, 4) is 0 Å². The number of Topliss-reactive ketones (excluding diaryl/α,β-unsaturated/α-hetero) is 1. The second kappa shape index (κ2) is 4.06. The minimum Gasteiger partial charge on any atom is -0.398 e. The van der Waals surface area contributed by atoms with Crippen molar-refractivity contribution in [1.82, 2.24) is 0 Å². The Morgan fingerprint density at radius 3 is 2.59 bits per heavy atom. The van der Waals surface area contributed by atoms with Crippen LogP contribution in [0.1, 0.15) is 44.0 Å². The molecule has 0 amide bonds. The van der Waals surface area contributed by atoms with E-state index in [2.05, 4.69) is 18.7 Å². The molecule has 0 aliphatic carbocycles. The van der Waals surface area contributed by atoms with Crippen LogP contribution in [-0.4, -0.2) is 17.9 Å². The molecule has 1 saturated heterocycles. The molecule has 0 radical (unpaired) electrons. The van der Waals surface area contributed by atoms with Crippen LogP contribution in [0.5, 0.6) is 0 Å². The molecule has 1 fully saturated rings. The van der Waals surface area contributed by atoms with Gasteiger partial charge in [-0.3, -0.25) is 4.79 Å². The molecule has 1 heterocycles. The van der Waals surface area contributed by atoms with Crippen molar-refractivity contribution in [3.05, 3.63) is 23.8 Å². The van der Waals surface area contributed by atoms with Gasteiger partial charge in [0.2, 0.25) is 0 Å². The summed E-state index contributed by atoms with van der Waals surface area (Å²) in [4.78, 5) is 13.7. The number of ketones is 1. The number of rotatable bonds is 2. The van der Waals surface area contributed by atoms with Gasteiger partial charge >= 0.3 is 0 Å². The highest BCUT2D eigenvalue weighted by Crippen LogP contribution is 2.34. The Morgan fingerprint density at radius 1 is 1.41 bits per heavy atom. The number of nitrogens with two attached hydrogens (primary N) is 1. The van der Waals surface area contributed by atoms with Gasteiger partial charge < -0.3 is 10.6 Å². The van der Waals surface area contributed by atoms with Crippen LogP contribution in [0.2, 0.25) is 0 Å². The van der Waals surface area contributed by atoms with Gasteiger partial charge in [0.25, 0.3) is 0 Å². The van der Waals surface area contributed by atoms with E-state index in [1.807, 2.05) is 18.2 Å².